The highest BCUT2D eigenvalue weighted by Gasteiger charge is 2.20. The zero-order valence-electron chi connectivity index (χ0n) is 16.6. The maximum atomic E-state index is 6.06. The number of H-pyrrole nitrogens is 1. The maximum absolute atomic E-state index is 6.06. The summed E-state index contributed by atoms with van der Waals surface area (Å²) in [7, 11) is 0. The smallest absolute Gasteiger partial charge is 0.203 e. The number of hydrogen-bond acceptors (Lipinski definition) is 4. The van der Waals surface area contributed by atoms with Crippen molar-refractivity contribution in [3.05, 3.63) is 83.4 Å². The van der Waals surface area contributed by atoms with Gasteiger partial charge in [0.25, 0.3) is 0 Å². The fourth-order valence-electron chi connectivity index (χ4n) is 4.01. The van der Waals surface area contributed by atoms with E-state index in [4.69, 9.17) is 5.73 Å². The Hall–Kier alpha value is -3.21. The van der Waals surface area contributed by atoms with Crippen LogP contribution < -0.4 is 5.73 Å². The van der Waals surface area contributed by atoms with Crippen LogP contribution in [0.2, 0.25) is 0 Å². The number of hydrogen-bond donors (Lipinski definition) is 2. The van der Waals surface area contributed by atoms with Crippen LogP contribution in [0.25, 0.3) is 11.2 Å². The Morgan fingerprint density at radius 3 is 2.34 bits per heavy atom. The molecule has 2 heterocycles. The summed E-state index contributed by atoms with van der Waals surface area (Å²) in [5.41, 5.74) is 11.3. The largest absolute Gasteiger partial charge is 0.384 e. The Morgan fingerprint density at radius 2 is 1.55 bits per heavy atom. The second-order valence-corrected chi connectivity index (χ2v) is 7.53. The molecule has 0 amide bonds. The lowest BCUT2D eigenvalue weighted by Gasteiger charge is -2.18. The van der Waals surface area contributed by atoms with Crippen molar-refractivity contribution < 1.29 is 0 Å². The quantitative estimate of drug-likeness (QED) is 0.385. The van der Waals surface area contributed by atoms with Gasteiger partial charge in [0.15, 0.2) is 0 Å². The lowest BCUT2D eigenvalue weighted by Crippen LogP contribution is -2.05. The van der Waals surface area contributed by atoms with E-state index in [9.17, 15) is 0 Å². The Bertz CT molecular complexity index is 1030. The molecule has 0 bridgehead atoms. The molecule has 0 aliphatic carbocycles. The highest BCUT2D eigenvalue weighted by atomic mass is 15.3. The minimum absolute atomic E-state index is 0.239. The molecule has 0 saturated carbocycles. The minimum Gasteiger partial charge on any atom is -0.384 e. The highest BCUT2D eigenvalue weighted by molar-refractivity contribution is 5.77. The van der Waals surface area contributed by atoms with Gasteiger partial charge in [-0.05, 0) is 42.0 Å². The molecule has 1 unspecified atom stereocenters. The summed E-state index contributed by atoms with van der Waals surface area (Å²) in [5, 5.41) is 11.2. The molecule has 5 nitrogen and oxygen atoms in total. The van der Waals surface area contributed by atoms with Crippen molar-refractivity contribution in [1.82, 2.24) is 20.4 Å². The Balaban J connectivity index is 1.42. The van der Waals surface area contributed by atoms with Crippen LogP contribution in [0.3, 0.4) is 0 Å². The number of benzene rings is 2. The van der Waals surface area contributed by atoms with Crippen molar-refractivity contribution in [2.24, 2.45) is 0 Å². The van der Waals surface area contributed by atoms with Gasteiger partial charge in [-0.3, -0.25) is 0 Å². The predicted octanol–water partition coefficient (Wildman–Crippen LogP) is 5.26. The van der Waals surface area contributed by atoms with Gasteiger partial charge in [0.2, 0.25) is 5.65 Å². The van der Waals surface area contributed by atoms with Gasteiger partial charge in [0.05, 0.1) is 0 Å². The van der Waals surface area contributed by atoms with Crippen LogP contribution in [0.15, 0.2) is 66.7 Å². The fourth-order valence-corrected chi connectivity index (χ4v) is 4.01. The summed E-state index contributed by atoms with van der Waals surface area (Å²) in [5.74, 6) is 0.730. The van der Waals surface area contributed by atoms with Crippen LogP contribution in [0.5, 0.6) is 0 Å². The third-order valence-corrected chi connectivity index (χ3v) is 5.47. The average Bonchev–Trinajstić information content (AvgIpc) is 3.23. The van der Waals surface area contributed by atoms with Gasteiger partial charge in [-0.1, -0.05) is 79.9 Å². The SMILES string of the molecule is Nc1cc(C(CCCCCCc2ccccc2)c2ccccc2)c2n[nH]nc2n1. The number of nitrogens with one attached hydrogen (secondary N) is 1. The summed E-state index contributed by atoms with van der Waals surface area (Å²) in [6.07, 6.45) is 7.07. The second kappa shape index (κ2) is 9.32. The molecule has 5 heteroatoms. The number of fused-ring (bicyclic) bond motifs is 1. The standard InChI is InChI=1S/C24H27N5/c25-22-17-21(23-24(26-22)28-29-27-23)20(19-14-8-4-9-15-19)16-10-2-1-5-11-18-12-6-3-7-13-18/h3-4,6-9,12-15,17,20H,1-2,5,10-11,16H2,(H3,25,26,27,28,29). The number of aromatic nitrogens is 4. The van der Waals surface area contributed by atoms with E-state index in [1.54, 1.807) is 0 Å². The molecule has 2 aromatic heterocycles. The van der Waals surface area contributed by atoms with E-state index in [0.717, 1.165) is 30.3 Å². The molecular weight excluding hydrogens is 358 g/mol. The third-order valence-electron chi connectivity index (χ3n) is 5.47. The molecule has 0 fully saturated rings. The number of anilines is 1. The van der Waals surface area contributed by atoms with Crippen molar-refractivity contribution in [3.8, 4) is 0 Å². The lowest BCUT2D eigenvalue weighted by molar-refractivity contribution is 0.585. The Labute approximate surface area is 171 Å². The van der Waals surface area contributed by atoms with Gasteiger partial charge in [-0.25, -0.2) is 4.98 Å². The van der Waals surface area contributed by atoms with E-state index in [2.05, 4.69) is 81.1 Å². The summed E-state index contributed by atoms with van der Waals surface area (Å²) in [6, 6.07) is 23.3. The minimum atomic E-state index is 0.239. The van der Waals surface area contributed by atoms with Crippen LogP contribution in [-0.2, 0) is 6.42 Å². The first-order valence-electron chi connectivity index (χ1n) is 10.4. The van der Waals surface area contributed by atoms with Crippen molar-refractivity contribution in [2.45, 2.75) is 44.4 Å². The Morgan fingerprint density at radius 1 is 0.828 bits per heavy atom. The second-order valence-electron chi connectivity index (χ2n) is 7.53. The number of nitrogen functional groups attached to an aromatic ring is 1. The van der Waals surface area contributed by atoms with E-state index in [1.807, 2.05) is 6.07 Å². The maximum Gasteiger partial charge on any atom is 0.203 e. The van der Waals surface area contributed by atoms with Crippen LogP contribution in [0.4, 0.5) is 5.82 Å². The first kappa shape index (κ1) is 19.1. The van der Waals surface area contributed by atoms with Gasteiger partial charge in [-0.15, -0.1) is 5.10 Å². The van der Waals surface area contributed by atoms with Gasteiger partial charge in [0, 0.05) is 5.92 Å². The molecule has 2 aromatic carbocycles. The number of aromatic amines is 1. The van der Waals surface area contributed by atoms with Crippen molar-refractivity contribution in [3.63, 3.8) is 0 Å². The summed E-state index contributed by atoms with van der Waals surface area (Å²) in [4.78, 5) is 4.29. The number of nitrogens with two attached hydrogens (primary N) is 1. The van der Waals surface area contributed by atoms with Crippen molar-refractivity contribution in [1.29, 1.82) is 0 Å². The molecule has 0 aliphatic rings. The van der Waals surface area contributed by atoms with E-state index in [0.29, 0.717) is 11.5 Å². The molecule has 0 radical (unpaired) electrons. The molecule has 0 aliphatic heterocycles. The molecule has 1 atom stereocenters. The van der Waals surface area contributed by atoms with Gasteiger partial charge in [-0.2, -0.15) is 10.3 Å². The summed E-state index contributed by atoms with van der Waals surface area (Å²) >= 11 is 0. The first-order chi connectivity index (χ1) is 14.3. The molecule has 0 spiro atoms. The van der Waals surface area contributed by atoms with Crippen LogP contribution in [-0.4, -0.2) is 20.4 Å². The van der Waals surface area contributed by atoms with Crippen LogP contribution in [0.1, 0.15) is 54.7 Å². The molecule has 4 aromatic rings. The molecule has 29 heavy (non-hydrogen) atoms. The van der Waals surface area contributed by atoms with Gasteiger partial charge in [0.1, 0.15) is 11.3 Å². The monoisotopic (exact) mass is 385 g/mol. The van der Waals surface area contributed by atoms with Gasteiger partial charge >= 0.3 is 0 Å². The van der Waals surface area contributed by atoms with Crippen LogP contribution >= 0.6 is 0 Å². The Kier molecular flexibility index (Phi) is 6.15. The van der Waals surface area contributed by atoms with Crippen molar-refractivity contribution in [2.75, 3.05) is 5.73 Å². The molecular formula is C24H27N5. The third kappa shape index (κ3) is 4.80. The zero-order chi connectivity index (χ0) is 19.9. The van der Waals surface area contributed by atoms with Crippen molar-refractivity contribution >= 4 is 17.0 Å². The first-order valence-corrected chi connectivity index (χ1v) is 10.4. The summed E-state index contributed by atoms with van der Waals surface area (Å²) < 4.78 is 0. The number of unbranched alkanes of at least 4 members (excludes halogenated alkanes) is 3. The average molecular weight is 386 g/mol. The normalized spacial score (nSPS) is 12.3. The number of pyridine rings is 1. The zero-order valence-corrected chi connectivity index (χ0v) is 16.6. The molecule has 148 valence electrons. The van der Waals surface area contributed by atoms with E-state index < -0.39 is 0 Å². The number of nitrogens with zero attached hydrogens (tertiary/aromatic N) is 3. The fraction of sp³-hybridized carbons (Fsp3) is 0.292. The number of rotatable bonds is 9. The van der Waals surface area contributed by atoms with Crippen LogP contribution in [0, 0.1) is 0 Å². The summed E-state index contributed by atoms with van der Waals surface area (Å²) in [6.45, 7) is 0. The lowest BCUT2D eigenvalue weighted by atomic mass is 9.86. The molecule has 0 saturated heterocycles. The van der Waals surface area contributed by atoms with E-state index in [1.165, 1.54) is 30.4 Å². The molecule has 3 N–H and O–H groups in total. The molecule has 4 rings (SSSR count). The van der Waals surface area contributed by atoms with Gasteiger partial charge < -0.3 is 5.73 Å². The predicted molar refractivity (Wildman–Crippen MR) is 118 cm³/mol. The van der Waals surface area contributed by atoms with E-state index in [-0.39, 0.29) is 5.92 Å². The number of aryl methyl sites for hydroxylation is 1. The van der Waals surface area contributed by atoms with E-state index >= 15 is 0 Å². The topological polar surface area (TPSA) is 80.5 Å². The highest BCUT2D eigenvalue weighted by Crippen LogP contribution is 2.34.